The lowest BCUT2D eigenvalue weighted by Crippen LogP contribution is -2.18. The van der Waals surface area contributed by atoms with Crippen LogP contribution in [0.15, 0.2) is 36.5 Å². The van der Waals surface area contributed by atoms with Crippen molar-refractivity contribution in [1.82, 2.24) is 4.98 Å². The number of pyridine rings is 1. The van der Waals surface area contributed by atoms with E-state index < -0.39 is 0 Å². The summed E-state index contributed by atoms with van der Waals surface area (Å²) in [5.41, 5.74) is 8.75. The summed E-state index contributed by atoms with van der Waals surface area (Å²) in [4.78, 5) is 6.37. The highest BCUT2D eigenvalue weighted by atomic mass is 19.1. The molecule has 1 aromatic carbocycles. The number of aryl methyl sites for hydroxylation is 1. The normalized spacial score (nSPS) is 12.2. The minimum absolute atomic E-state index is 0.114. The van der Waals surface area contributed by atoms with Gasteiger partial charge in [-0.15, -0.1) is 0 Å². The molecule has 0 saturated heterocycles. The van der Waals surface area contributed by atoms with Crippen LogP contribution in [-0.2, 0) is 6.42 Å². The van der Waals surface area contributed by atoms with E-state index in [1.807, 2.05) is 38.1 Å². The molecule has 106 valence electrons. The largest absolute Gasteiger partial charge is 0.329 e. The Labute approximate surface area is 119 Å². The van der Waals surface area contributed by atoms with Gasteiger partial charge in [-0.05, 0) is 49.6 Å². The fourth-order valence-corrected chi connectivity index (χ4v) is 2.27. The molecule has 0 spiro atoms. The van der Waals surface area contributed by atoms with Crippen molar-refractivity contribution < 1.29 is 4.39 Å². The van der Waals surface area contributed by atoms with E-state index in [-0.39, 0.29) is 11.9 Å². The van der Waals surface area contributed by atoms with Gasteiger partial charge in [0, 0.05) is 25.0 Å². The molecule has 1 heterocycles. The average Bonchev–Trinajstić information content (AvgIpc) is 2.37. The Balaban J connectivity index is 2.28. The van der Waals surface area contributed by atoms with Gasteiger partial charge in [0.1, 0.15) is 11.6 Å². The van der Waals surface area contributed by atoms with Gasteiger partial charge in [-0.2, -0.15) is 0 Å². The average molecular weight is 273 g/mol. The molecule has 2 rings (SSSR count). The zero-order chi connectivity index (χ0) is 14.7. The molecule has 0 radical (unpaired) electrons. The lowest BCUT2D eigenvalue weighted by atomic mass is 10.1. The van der Waals surface area contributed by atoms with Gasteiger partial charge < -0.3 is 10.6 Å². The molecule has 0 aliphatic carbocycles. The third-order valence-corrected chi connectivity index (χ3v) is 3.18. The Kier molecular flexibility index (Phi) is 4.35. The maximum absolute atomic E-state index is 13.3. The smallest absolute Gasteiger partial charge is 0.135 e. The third kappa shape index (κ3) is 3.33. The second-order valence-electron chi connectivity index (χ2n) is 5.20. The zero-order valence-electron chi connectivity index (χ0n) is 12.1. The van der Waals surface area contributed by atoms with Crippen molar-refractivity contribution in [1.29, 1.82) is 0 Å². The summed E-state index contributed by atoms with van der Waals surface area (Å²) in [6.45, 7) is 3.98. The summed E-state index contributed by atoms with van der Waals surface area (Å²) in [5.74, 6) is 0.574. The van der Waals surface area contributed by atoms with E-state index in [2.05, 4.69) is 11.1 Å². The molecule has 0 aliphatic rings. The summed E-state index contributed by atoms with van der Waals surface area (Å²) in [6, 6.07) is 8.69. The molecular formula is C16H20FN3. The highest BCUT2D eigenvalue weighted by Gasteiger charge is 2.10. The van der Waals surface area contributed by atoms with Crippen LogP contribution < -0.4 is 10.6 Å². The predicted molar refractivity (Wildman–Crippen MR) is 80.8 cm³/mol. The molecular weight excluding hydrogens is 253 g/mol. The first kappa shape index (κ1) is 14.5. The molecule has 0 bridgehead atoms. The lowest BCUT2D eigenvalue weighted by molar-refractivity contribution is 0.628. The summed E-state index contributed by atoms with van der Waals surface area (Å²) < 4.78 is 13.3. The first-order chi connectivity index (χ1) is 9.47. The molecule has 2 aromatic rings. The monoisotopic (exact) mass is 273 g/mol. The SMILES string of the molecule is Cc1cc(CC(C)N)cnc1N(C)c1cccc(F)c1. The number of hydrogen-bond donors (Lipinski definition) is 1. The van der Waals surface area contributed by atoms with E-state index in [1.165, 1.54) is 12.1 Å². The van der Waals surface area contributed by atoms with Gasteiger partial charge in [-0.25, -0.2) is 9.37 Å². The number of halogens is 1. The van der Waals surface area contributed by atoms with Crippen LogP contribution in [0.3, 0.4) is 0 Å². The fraction of sp³-hybridized carbons (Fsp3) is 0.312. The molecule has 0 amide bonds. The van der Waals surface area contributed by atoms with Crippen LogP contribution >= 0.6 is 0 Å². The summed E-state index contributed by atoms with van der Waals surface area (Å²) in [6.07, 6.45) is 2.64. The van der Waals surface area contributed by atoms with Crippen LogP contribution in [-0.4, -0.2) is 18.1 Å². The zero-order valence-corrected chi connectivity index (χ0v) is 12.1. The number of nitrogens with two attached hydrogens (primary N) is 1. The minimum Gasteiger partial charge on any atom is -0.329 e. The number of rotatable bonds is 4. The Hall–Kier alpha value is -1.94. The molecule has 0 fully saturated rings. The second kappa shape index (κ2) is 6.01. The highest BCUT2D eigenvalue weighted by molar-refractivity contribution is 5.62. The molecule has 1 aromatic heterocycles. The maximum Gasteiger partial charge on any atom is 0.135 e. The first-order valence-corrected chi connectivity index (χ1v) is 6.68. The van der Waals surface area contributed by atoms with Gasteiger partial charge in [-0.1, -0.05) is 12.1 Å². The van der Waals surface area contributed by atoms with E-state index in [9.17, 15) is 4.39 Å². The van der Waals surface area contributed by atoms with Gasteiger partial charge in [0.25, 0.3) is 0 Å². The Morgan fingerprint density at radius 2 is 2.10 bits per heavy atom. The van der Waals surface area contributed by atoms with Crippen molar-refractivity contribution in [2.24, 2.45) is 5.73 Å². The first-order valence-electron chi connectivity index (χ1n) is 6.68. The maximum atomic E-state index is 13.3. The third-order valence-electron chi connectivity index (χ3n) is 3.18. The molecule has 0 saturated carbocycles. The van der Waals surface area contributed by atoms with Crippen molar-refractivity contribution in [2.75, 3.05) is 11.9 Å². The number of anilines is 2. The molecule has 20 heavy (non-hydrogen) atoms. The summed E-state index contributed by atoms with van der Waals surface area (Å²) >= 11 is 0. The Morgan fingerprint density at radius 1 is 1.35 bits per heavy atom. The van der Waals surface area contributed by atoms with Crippen LogP contribution in [0.4, 0.5) is 15.9 Å². The molecule has 0 aliphatic heterocycles. The van der Waals surface area contributed by atoms with Crippen molar-refractivity contribution in [2.45, 2.75) is 26.3 Å². The Morgan fingerprint density at radius 3 is 2.70 bits per heavy atom. The van der Waals surface area contributed by atoms with E-state index in [1.54, 1.807) is 6.07 Å². The van der Waals surface area contributed by atoms with Crippen LogP contribution in [0, 0.1) is 12.7 Å². The van der Waals surface area contributed by atoms with Crippen LogP contribution in [0.25, 0.3) is 0 Å². The molecule has 3 nitrogen and oxygen atoms in total. The van der Waals surface area contributed by atoms with Crippen LogP contribution in [0.1, 0.15) is 18.1 Å². The van der Waals surface area contributed by atoms with Crippen molar-refractivity contribution in [3.05, 3.63) is 53.5 Å². The minimum atomic E-state index is -0.249. The van der Waals surface area contributed by atoms with Crippen LogP contribution in [0.2, 0.25) is 0 Å². The summed E-state index contributed by atoms with van der Waals surface area (Å²) in [5, 5.41) is 0. The highest BCUT2D eigenvalue weighted by Crippen LogP contribution is 2.25. The molecule has 4 heteroatoms. The van der Waals surface area contributed by atoms with Gasteiger partial charge in [0.05, 0.1) is 0 Å². The van der Waals surface area contributed by atoms with Gasteiger partial charge in [0.15, 0.2) is 0 Å². The van der Waals surface area contributed by atoms with Crippen LogP contribution in [0.5, 0.6) is 0 Å². The Bertz CT molecular complexity index is 596. The molecule has 1 atom stereocenters. The number of hydrogen-bond acceptors (Lipinski definition) is 3. The summed E-state index contributed by atoms with van der Waals surface area (Å²) in [7, 11) is 1.88. The lowest BCUT2D eigenvalue weighted by Gasteiger charge is -2.21. The van der Waals surface area contributed by atoms with E-state index in [0.29, 0.717) is 0 Å². The second-order valence-corrected chi connectivity index (χ2v) is 5.20. The van der Waals surface area contributed by atoms with E-state index in [4.69, 9.17) is 5.73 Å². The fourth-order valence-electron chi connectivity index (χ4n) is 2.27. The molecule has 1 unspecified atom stereocenters. The van der Waals surface area contributed by atoms with Gasteiger partial charge in [-0.3, -0.25) is 0 Å². The van der Waals surface area contributed by atoms with Gasteiger partial charge in [0.2, 0.25) is 0 Å². The van der Waals surface area contributed by atoms with Crippen molar-refractivity contribution in [3.8, 4) is 0 Å². The predicted octanol–water partition coefficient (Wildman–Crippen LogP) is 3.19. The number of nitrogens with zero attached hydrogens (tertiary/aromatic N) is 2. The number of benzene rings is 1. The van der Waals surface area contributed by atoms with Gasteiger partial charge >= 0.3 is 0 Å². The standard InChI is InChI=1S/C16H20FN3/c1-11-7-13(8-12(2)18)10-19-16(11)20(3)15-6-4-5-14(17)9-15/h4-7,9-10,12H,8,18H2,1-3H3. The van der Waals surface area contributed by atoms with E-state index >= 15 is 0 Å². The van der Waals surface area contributed by atoms with Crippen molar-refractivity contribution >= 4 is 11.5 Å². The van der Waals surface area contributed by atoms with Crippen molar-refractivity contribution in [3.63, 3.8) is 0 Å². The number of aromatic nitrogens is 1. The topological polar surface area (TPSA) is 42.1 Å². The van der Waals surface area contributed by atoms with E-state index in [0.717, 1.165) is 29.1 Å². The quantitative estimate of drug-likeness (QED) is 0.930. The molecule has 2 N–H and O–H groups in total.